The standard InChI is InChI=1S/C23H35N7/c1-15(2)7-8-19-22-14-29(13-18-12-24-28(6)17(18)5)9-10-30(22)23(25-19)21-11-20(16(3)4)26-27-21/h11-12,15-16H,7-10,13-14H2,1-6H3,(H,26,27). The summed E-state index contributed by atoms with van der Waals surface area (Å²) in [6.45, 7) is 14.9. The van der Waals surface area contributed by atoms with E-state index in [1.165, 1.54) is 22.6 Å². The van der Waals surface area contributed by atoms with Gasteiger partial charge in [0.1, 0.15) is 5.69 Å². The minimum Gasteiger partial charge on any atom is -0.324 e. The number of aromatic amines is 1. The van der Waals surface area contributed by atoms with Crippen molar-refractivity contribution < 1.29 is 0 Å². The Labute approximate surface area is 179 Å². The van der Waals surface area contributed by atoms with Crippen LogP contribution in [-0.4, -0.2) is 41.0 Å². The highest BCUT2D eigenvalue weighted by molar-refractivity contribution is 5.53. The molecule has 1 N–H and O–H groups in total. The summed E-state index contributed by atoms with van der Waals surface area (Å²) in [6, 6.07) is 2.16. The zero-order valence-electron chi connectivity index (χ0n) is 19.2. The van der Waals surface area contributed by atoms with Crippen LogP contribution in [0, 0.1) is 12.8 Å². The quantitative estimate of drug-likeness (QED) is 0.639. The second-order valence-corrected chi connectivity index (χ2v) is 9.37. The molecule has 0 unspecified atom stereocenters. The first-order chi connectivity index (χ1) is 14.3. The Morgan fingerprint density at radius 1 is 1.17 bits per heavy atom. The van der Waals surface area contributed by atoms with Gasteiger partial charge in [-0.3, -0.25) is 14.7 Å². The van der Waals surface area contributed by atoms with Crippen molar-refractivity contribution in [1.82, 2.24) is 34.4 Å². The van der Waals surface area contributed by atoms with E-state index in [1.807, 2.05) is 17.9 Å². The van der Waals surface area contributed by atoms with Gasteiger partial charge in [0.25, 0.3) is 0 Å². The van der Waals surface area contributed by atoms with Crippen molar-refractivity contribution in [3.63, 3.8) is 0 Å². The number of hydrogen-bond donors (Lipinski definition) is 1. The van der Waals surface area contributed by atoms with Crippen LogP contribution in [0.15, 0.2) is 12.3 Å². The van der Waals surface area contributed by atoms with Crippen molar-refractivity contribution in [2.75, 3.05) is 6.54 Å². The minimum absolute atomic E-state index is 0.431. The molecule has 4 heterocycles. The van der Waals surface area contributed by atoms with Crippen LogP contribution in [0.4, 0.5) is 0 Å². The van der Waals surface area contributed by atoms with E-state index in [0.29, 0.717) is 11.8 Å². The maximum absolute atomic E-state index is 5.11. The highest BCUT2D eigenvalue weighted by Crippen LogP contribution is 2.29. The average molecular weight is 410 g/mol. The molecular weight excluding hydrogens is 374 g/mol. The van der Waals surface area contributed by atoms with Crippen LogP contribution in [0.3, 0.4) is 0 Å². The number of fused-ring (bicyclic) bond motifs is 1. The summed E-state index contributed by atoms with van der Waals surface area (Å²) >= 11 is 0. The fourth-order valence-corrected chi connectivity index (χ4v) is 4.13. The smallest absolute Gasteiger partial charge is 0.161 e. The SMILES string of the molecule is Cc1c(CN2CCn3c(-c4cc(C(C)C)[nH]n4)nc(CCC(C)C)c3C2)cnn1C. The van der Waals surface area contributed by atoms with Gasteiger partial charge in [0, 0.05) is 50.2 Å². The predicted molar refractivity (Wildman–Crippen MR) is 119 cm³/mol. The van der Waals surface area contributed by atoms with Crippen LogP contribution in [-0.2, 0) is 33.1 Å². The van der Waals surface area contributed by atoms with Crippen molar-refractivity contribution in [1.29, 1.82) is 0 Å². The van der Waals surface area contributed by atoms with E-state index in [4.69, 9.17) is 4.98 Å². The van der Waals surface area contributed by atoms with Gasteiger partial charge in [-0.05, 0) is 37.7 Å². The van der Waals surface area contributed by atoms with Gasteiger partial charge >= 0.3 is 0 Å². The van der Waals surface area contributed by atoms with Crippen LogP contribution in [0.2, 0.25) is 0 Å². The number of H-pyrrole nitrogens is 1. The van der Waals surface area contributed by atoms with Crippen molar-refractivity contribution in [2.24, 2.45) is 13.0 Å². The first-order valence-corrected chi connectivity index (χ1v) is 11.2. The Bertz CT molecular complexity index is 1010. The molecule has 0 aliphatic carbocycles. The third-order valence-corrected chi connectivity index (χ3v) is 6.31. The highest BCUT2D eigenvalue weighted by Gasteiger charge is 2.26. The Morgan fingerprint density at radius 3 is 2.60 bits per heavy atom. The molecule has 0 radical (unpaired) electrons. The Hall–Kier alpha value is -2.41. The van der Waals surface area contributed by atoms with E-state index >= 15 is 0 Å². The molecule has 7 nitrogen and oxygen atoms in total. The number of aryl methyl sites for hydroxylation is 2. The van der Waals surface area contributed by atoms with Crippen LogP contribution in [0.25, 0.3) is 11.5 Å². The van der Waals surface area contributed by atoms with Crippen LogP contribution in [0.1, 0.15) is 68.4 Å². The minimum atomic E-state index is 0.431. The van der Waals surface area contributed by atoms with E-state index < -0.39 is 0 Å². The van der Waals surface area contributed by atoms with E-state index in [1.54, 1.807) is 0 Å². The van der Waals surface area contributed by atoms with Crippen LogP contribution in [0.5, 0.6) is 0 Å². The average Bonchev–Trinajstić information content (AvgIpc) is 3.40. The summed E-state index contributed by atoms with van der Waals surface area (Å²) in [5.74, 6) is 2.12. The van der Waals surface area contributed by atoms with Gasteiger partial charge in [0.15, 0.2) is 5.82 Å². The van der Waals surface area contributed by atoms with Gasteiger partial charge in [0.2, 0.25) is 0 Å². The molecule has 0 spiro atoms. The van der Waals surface area contributed by atoms with Gasteiger partial charge in [-0.1, -0.05) is 27.7 Å². The number of hydrogen-bond acceptors (Lipinski definition) is 4. The number of nitrogens with zero attached hydrogens (tertiary/aromatic N) is 6. The molecule has 1 aliphatic heterocycles. The van der Waals surface area contributed by atoms with E-state index in [0.717, 1.165) is 56.2 Å². The molecule has 0 aromatic carbocycles. The Balaban J connectivity index is 1.63. The largest absolute Gasteiger partial charge is 0.324 e. The summed E-state index contributed by atoms with van der Waals surface area (Å²) in [4.78, 5) is 7.63. The first kappa shape index (κ1) is 20.8. The summed E-state index contributed by atoms with van der Waals surface area (Å²) in [5.41, 5.74) is 7.27. The number of nitrogens with one attached hydrogen (secondary N) is 1. The topological polar surface area (TPSA) is 67.6 Å². The second kappa shape index (κ2) is 8.38. The lowest BCUT2D eigenvalue weighted by Gasteiger charge is -2.29. The third kappa shape index (κ3) is 4.08. The highest BCUT2D eigenvalue weighted by atomic mass is 15.3. The Morgan fingerprint density at radius 2 is 1.97 bits per heavy atom. The van der Waals surface area contributed by atoms with Crippen LogP contribution >= 0.6 is 0 Å². The zero-order valence-corrected chi connectivity index (χ0v) is 19.2. The number of imidazole rings is 1. The summed E-state index contributed by atoms with van der Waals surface area (Å²) < 4.78 is 4.36. The van der Waals surface area contributed by atoms with Gasteiger partial charge in [0.05, 0.1) is 17.6 Å². The van der Waals surface area contributed by atoms with Gasteiger partial charge in [-0.15, -0.1) is 0 Å². The van der Waals surface area contributed by atoms with E-state index in [-0.39, 0.29) is 0 Å². The molecule has 3 aromatic heterocycles. The van der Waals surface area contributed by atoms with Gasteiger partial charge < -0.3 is 4.57 Å². The van der Waals surface area contributed by atoms with Crippen molar-refractivity contribution in [3.8, 4) is 11.5 Å². The summed E-state index contributed by atoms with van der Waals surface area (Å²) in [5, 5.41) is 12.2. The molecule has 162 valence electrons. The molecule has 0 bridgehead atoms. The molecular formula is C23H35N7. The van der Waals surface area contributed by atoms with Gasteiger partial charge in [-0.2, -0.15) is 10.2 Å². The zero-order chi connectivity index (χ0) is 21.4. The molecule has 3 aromatic rings. The van der Waals surface area contributed by atoms with E-state index in [2.05, 4.69) is 65.4 Å². The normalized spacial score (nSPS) is 14.8. The van der Waals surface area contributed by atoms with Crippen molar-refractivity contribution in [3.05, 3.63) is 40.6 Å². The lowest BCUT2D eigenvalue weighted by molar-refractivity contribution is 0.212. The monoisotopic (exact) mass is 409 g/mol. The molecule has 1 aliphatic rings. The van der Waals surface area contributed by atoms with Gasteiger partial charge in [-0.25, -0.2) is 4.98 Å². The molecule has 0 saturated heterocycles. The molecule has 0 amide bonds. The molecule has 4 rings (SSSR count). The fraction of sp³-hybridized carbons (Fsp3) is 0.609. The maximum Gasteiger partial charge on any atom is 0.161 e. The first-order valence-electron chi connectivity index (χ1n) is 11.2. The third-order valence-electron chi connectivity index (χ3n) is 6.31. The molecule has 0 atom stereocenters. The van der Waals surface area contributed by atoms with Crippen LogP contribution < -0.4 is 0 Å². The second-order valence-electron chi connectivity index (χ2n) is 9.37. The summed E-state index contributed by atoms with van der Waals surface area (Å²) in [6.07, 6.45) is 4.18. The lowest BCUT2D eigenvalue weighted by Crippen LogP contribution is -2.33. The van der Waals surface area contributed by atoms with Crippen molar-refractivity contribution in [2.45, 2.75) is 73.0 Å². The summed E-state index contributed by atoms with van der Waals surface area (Å²) in [7, 11) is 2.01. The predicted octanol–water partition coefficient (Wildman–Crippen LogP) is 4.04. The lowest BCUT2D eigenvalue weighted by atomic mass is 10.0. The molecule has 7 heteroatoms. The number of rotatable bonds is 7. The molecule has 0 fully saturated rings. The Kier molecular flexibility index (Phi) is 5.82. The number of aromatic nitrogens is 6. The van der Waals surface area contributed by atoms with E-state index in [9.17, 15) is 0 Å². The maximum atomic E-state index is 5.11. The van der Waals surface area contributed by atoms with Crippen molar-refractivity contribution >= 4 is 0 Å². The fourth-order valence-electron chi connectivity index (χ4n) is 4.13. The molecule has 30 heavy (non-hydrogen) atoms. The molecule has 0 saturated carbocycles.